The first kappa shape index (κ1) is 18.2. The van der Waals surface area contributed by atoms with Gasteiger partial charge in [0.2, 0.25) is 5.91 Å². The predicted molar refractivity (Wildman–Crippen MR) is 81.4 cm³/mol. The van der Waals surface area contributed by atoms with Crippen LogP contribution in [0.15, 0.2) is 29.2 Å². The Bertz CT molecular complexity index is 460. The summed E-state index contributed by atoms with van der Waals surface area (Å²) in [7, 11) is 0. The predicted octanol–water partition coefficient (Wildman–Crippen LogP) is 2.74. The van der Waals surface area contributed by atoms with Gasteiger partial charge in [0, 0.05) is 18.0 Å². The molecule has 118 valence electrons. The summed E-state index contributed by atoms with van der Waals surface area (Å²) in [6, 6.07) is 6.53. The van der Waals surface area contributed by atoms with Crippen LogP contribution in [0.2, 0.25) is 0 Å². The number of thioether (sulfide) groups is 1. The fourth-order valence-electron chi connectivity index (χ4n) is 1.93. The molecule has 1 aromatic carbocycles. The standard InChI is InChI=1S/C13H16F2N2O2S.ClH/c14-13(15)20-11-4-2-1-3-10(11)17-12(18)7-9-8-16-5-6-19-9;/h1-4,9,13,16H,5-8H2,(H,17,18);1H. The Kier molecular flexibility index (Phi) is 7.95. The molecule has 0 aliphatic carbocycles. The first-order valence-corrected chi connectivity index (χ1v) is 7.19. The zero-order chi connectivity index (χ0) is 14.4. The highest BCUT2D eigenvalue weighted by atomic mass is 35.5. The fourth-order valence-corrected chi connectivity index (χ4v) is 2.52. The molecule has 1 unspecified atom stereocenters. The van der Waals surface area contributed by atoms with E-state index in [1.807, 2.05) is 0 Å². The quantitative estimate of drug-likeness (QED) is 0.811. The number of halogens is 3. The van der Waals surface area contributed by atoms with Crippen molar-refractivity contribution in [2.75, 3.05) is 25.0 Å². The minimum absolute atomic E-state index is 0. The number of hydrogen-bond acceptors (Lipinski definition) is 4. The van der Waals surface area contributed by atoms with Gasteiger partial charge >= 0.3 is 0 Å². The average molecular weight is 339 g/mol. The van der Waals surface area contributed by atoms with Gasteiger partial charge in [-0.1, -0.05) is 23.9 Å². The van der Waals surface area contributed by atoms with Gasteiger partial charge < -0.3 is 15.4 Å². The summed E-state index contributed by atoms with van der Waals surface area (Å²) in [5.74, 6) is -2.75. The molecular formula is C13H17ClF2N2O2S. The van der Waals surface area contributed by atoms with Crippen LogP contribution >= 0.6 is 24.2 Å². The second kappa shape index (κ2) is 9.19. The van der Waals surface area contributed by atoms with E-state index >= 15 is 0 Å². The summed E-state index contributed by atoms with van der Waals surface area (Å²) in [6.45, 7) is 1.99. The number of morpholine rings is 1. The molecule has 1 aliphatic rings. The number of benzene rings is 1. The Hall–Kier alpha value is -0.890. The van der Waals surface area contributed by atoms with E-state index in [9.17, 15) is 13.6 Å². The van der Waals surface area contributed by atoms with Crippen molar-refractivity contribution in [3.8, 4) is 0 Å². The number of amides is 1. The molecule has 1 fully saturated rings. The molecule has 0 radical (unpaired) electrons. The lowest BCUT2D eigenvalue weighted by Crippen LogP contribution is -2.40. The zero-order valence-corrected chi connectivity index (χ0v) is 12.8. The van der Waals surface area contributed by atoms with Crippen LogP contribution in [0, 0.1) is 0 Å². The molecule has 0 aromatic heterocycles. The highest BCUT2D eigenvalue weighted by Gasteiger charge is 2.18. The molecule has 2 N–H and O–H groups in total. The highest BCUT2D eigenvalue weighted by Crippen LogP contribution is 2.31. The van der Waals surface area contributed by atoms with Gasteiger partial charge in [-0.3, -0.25) is 4.79 Å². The number of rotatable bonds is 5. The molecule has 2 rings (SSSR count). The number of hydrogen-bond donors (Lipinski definition) is 2. The van der Waals surface area contributed by atoms with Gasteiger partial charge in [0.05, 0.1) is 24.8 Å². The number of anilines is 1. The third-order valence-corrected chi connectivity index (χ3v) is 3.58. The maximum Gasteiger partial charge on any atom is 0.288 e. The minimum Gasteiger partial charge on any atom is -0.375 e. The van der Waals surface area contributed by atoms with E-state index in [1.54, 1.807) is 24.3 Å². The van der Waals surface area contributed by atoms with Gasteiger partial charge in [-0.15, -0.1) is 12.4 Å². The molecule has 1 atom stereocenters. The van der Waals surface area contributed by atoms with Crippen LogP contribution in [-0.4, -0.2) is 37.5 Å². The van der Waals surface area contributed by atoms with Crippen molar-refractivity contribution in [2.24, 2.45) is 0 Å². The third kappa shape index (κ3) is 6.17. The molecule has 8 heteroatoms. The molecule has 1 heterocycles. The molecular weight excluding hydrogens is 322 g/mol. The smallest absolute Gasteiger partial charge is 0.288 e. The van der Waals surface area contributed by atoms with Gasteiger partial charge in [-0.05, 0) is 12.1 Å². The van der Waals surface area contributed by atoms with E-state index in [0.29, 0.717) is 35.5 Å². The van der Waals surface area contributed by atoms with E-state index in [4.69, 9.17) is 4.74 Å². The number of carbonyl (C=O) groups is 1. The van der Waals surface area contributed by atoms with Gasteiger partial charge in [0.1, 0.15) is 0 Å². The summed E-state index contributed by atoms with van der Waals surface area (Å²) in [6.07, 6.45) is 0.0411. The Labute approximate surface area is 132 Å². The van der Waals surface area contributed by atoms with Gasteiger partial charge in [0.15, 0.2) is 0 Å². The SMILES string of the molecule is Cl.O=C(CC1CNCCO1)Nc1ccccc1SC(F)F. The molecule has 0 bridgehead atoms. The van der Waals surface area contributed by atoms with Crippen LogP contribution in [-0.2, 0) is 9.53 Å². The Morgan fingerprint density at radius 1 is 1.48 bits per heavy atom. The minimum atomic E-state index is -2.51. The van der Waals surface area contributed by atoms with Gasteiger partial charge in [0.25, 0.3) is 5.76 Å². The maximum atomic E-state index is 12.4. The number of para-hydroxylation sites is 1. The lowest BCUT2D eigenvalue weighted by atomic mass is 10.2. The van der Waals surface area contributed by atoms with E-state index in [1.165, 1.54) is 0 Å². The summed E-state index contributed by atoms with van der Waals surface area (Å²) in [5.41, 5.74) is 0.409. The highest BCUT2D eigenvalue weighted by molar-refractivity contribution is 7.99. The zero-order valence-electron chi connectivity index (χ0n) is 11.2. The van der Waals surface area contributed by atoms with Crippen molar-refractivity contribution in [3.05, 3.63) is 24.3 Å². The Morgan fingerprint density at radius 2 is 2.24 bits per heavy atom. The lowest BCUT2D eigenvalue weighted by Gasteiger charge is -2.23. The van der Waals surface area contributed by atoms with Gasteiger partial charge in [-0.25, -0.2) is 0 Å². The molecule has 1 amide bonds. The van der Waals surface area contributed by atoms with E-state index in [-0.39, 0.29) is 30.8 Å². The maximum absolute atomic E-state index is 12.4. The van der Waals surface area contributed by atoms with Crippen LogP contribution in [0.5, 0.6) is 0 Å². The first-order valence-electron chi connectivity index (χ1n) is 6.31. The van der Waals surface area contributed by atoms with E-state index < -0.39 is 5.76 Å². The van der Waals surface area contributed by atoms with Crippen LogP contribution in [0.1, 0.15) is 6.42 Å². The topological polar surface area (TPSA) is 50.4 Å². The monoisotopic (exact) mass is 338 g/mol. The van der Waals surface area contributed by atoms with Crippen molar-refractivity contribution in [3.63, 3.8) is 0 Å². The summed E-state index contributed by atoms with van der Waals surface area (Å²) in [5, 5.41) is 5.80. The van der Waals surface area contributed by atoms with Crippen molar-refractivity contribution in [1.29, 1.82) is 0 Å². The van der Waals surface area contributed by atoms with Crippen LogP contribution in [0.3, 0.4) is 0 Å². The second-order valence-electron chi connectivity index (χ2n) is 4.32. The summed E-state index contributed by atoms with van der Waals surface area (Å²) in [4.78, 5) is 12.3. The number of ether oxygens (including phenoxy) is 1. The summed E-state index contributed by atoms with van der Waals surface area (Å²) < 4.78 is 30.3. The van der Waals surface area contributed by atoms with Crippen molar-refractivity contribution in [1.82, 2.24) is 5.32 Å². The molecule has 0 spiro atoms. The van der Waals surface area contributed by atoms with E-state index in [0.717, 1.165) is 6.54 Å². The number of alkyl halides is 2. The first-order chi connectivity index (χ1) is 9.65. The number of carbonyl (C=O) groups excluding carboxylic acids is 1. The second-order valence-corrected chi connectivity index (χ2v) is 5.36. The average Bonchev–Trinajstić information content (AvgIpc) is 2.41. The molecule has 4 nitrogen and oxygen atoms in total. The van der Waals surface area contributed by atoms with Crippen LogP contribution in [0.4, 0.5) is 14.5 Å². The molecule has 1 saturated heterocycles. The van der Waals surface area contributed by atoms with Crippen molar-refractivity contribution >= 4 is 35.8 Å². The molecule has 1 aromatic rings. The fraction of sp³-hybridized carbons (Fsp3) is 0.462. The Balaban J connectivity index is 0.00000220. The van der Waals surface area contributed by atoms with Crippen molar-refractivity contribution in [2.45, 2.75) is 23.2 Å². The van der Waals surface area contributed by atoms with E-state index in [2.05, 4.69) is 10.6 Å². The van der Waals surface area contributed by atoms with Crippen LogP contribution in [0.25, 0.3) is 0 Å². The number of nitrogens with one attached hydrogen (secondary N) is 2. The molecule has 21 heavy (non-hydrogen) atoms. The van der Waals surface area contributed by atoms with Crippen molar-refractivity contribution < 1.29 is 18.3 Å². The molecule has 0 saturated carbocycles. The van der Waals surface area contributed by atoms with Crippen LogP contribution < -0.4 is 10.6 Å². The Morgan fingerprint density at radius 3 is 2.90 bits per heavy atom. The lowest BCUT2D eigenvalue weighted by molar-refractivity contribution is -0.119. The largest absolute Gasteiger partial charge is 0.375 e. The van der Waals surface area contributed by atoms with Gasteiger partial charge in [-0.2, -0.15) is 8.78 Å². The molecule has 1 aliphatic heterocycles. The normalized spacial score (nSPS) is 18.1. The third-order valence-electron chi connectivity index (χ3n) is 2.79. The summed E-state index contributed by atoms with van der Waals surface area (Å²) >= 11 is 0.421.